The second-order valence-electron chi connectivity index (χ2n) is 9.56. The molecular formula is C23H36O7. The lowest BCUT2D eigenvalue weighted by molar-refractivity contribution is -0.155. The Morgan fingerprint density at radius 1 is 0.833 bits per heavy atom. The van der Waals surface area contributed by atoms with Crippen LogP contribution in [0, 0.1) is 16.2 Å². The van der Waals surface area contributed by atoms with Crippen LogP contribution in [0.1, 0.15) is 74.1 Å². The fourth-order valence-electron chi connectivity index (χ4n) is 3.30. The lowest BCUT2D eigenvalue weighted by Crippen LogP contribution is -2.51. The molecule has 0 spiro atoms. The molecular weight excluding hydrogens is 388 g/mol. The molecule has 0 aromatic heterocycles. The SMILES string of the molecule is C=CC(=O)OCCCOC(=O)CCC(CC(C)=O)(C(=O)C(C)(C)C)C(=O)C(C)(C)C. The van der Waals surface area contributed by atoms with Gasteiger partial charge < -0.3 is 9.47 Å². The van der Waals surface area contributed by atoms with Crippen LogP contribution in [0.15, 0.2) is 12.7 Å². The number of esters is 2. The average molecular weight is 425 g/mol. The molecule has 30 heavy (non-hydrogen) atoms. The summed E-state index contributed by atoms with van der Waals surface area (Å²) in [6.45, 7) is 14.9. The topological polar surface area (TPSA) is 104 Å². The smallest absolute Gasteiger partial charge is 0.330 e. The Hall–Kier alpha value is -2.31. The zero-order chi connectivity index (χ0) is 23.8. The van der Waals surface area contributed by atoms with Gasteiger partial charge in [-0.1, -0.05) is 48.1 Å². The third kappa shape index (κ3) is 8.59. The molecule has 0 N–H and O–H groups in total. The maximum atomic E-state index is 13.3. The first kappa shape index (κ1) is 27.7. The zero-order valence-electron chi connectivity index (χ0n) is 19.4. The number of rotatable bonds is 12. The Kier molecular flexibility index (Phi) is 10.3. The molecule has 0 saturated carbocycles. The summed E-state index contributed by atoms with van der Waals surface area (Å²) in [6.07, 6.45) is 0.835. The quantitative estimate of drug-likeness (QED) is 0.204. The van der Waals surface area contributed by atoms with Gasteiger partial charge in [-0.3, -0.25) is 19.2 Å². The van der Waals surface area contributed by atoms with E-state index in [-0.39, 0.29) is 49.8 Å². The Morgan fingerprint density at radius 3 is 1.70 bits per heavy atom. The van der Waals surface area contributed by atoms with Crippen molar-refractivity contribution >= 4 is 29.3 Å². The van der Waals surface area contributed by atoms with Gasteiger partial charge in [0.25, 0.3) is 0 Å². The second kappa shape index (κ2) is 11.2. The van der Waals surface area contributed by atoms with Crippen molar-refractivity contribution < 1.29 is 33.4 Å². The van der Waals surface area contributed by atoms with E-state index in [0.29, 0.717) is 6.42 Å². The van der Waals surface area contributed by atoms with Crippen LogP contribution in [-0.2, 0) is 33.4 Å². The van der Waals surface area contributed by atoms with E-state index in [1.165, 1.54) is 6.92 Å². The molecule has 0 fully saturated rings. The molecule has 7 heteroatoms. The first-order valence-corrected chi connectivity index (χ1v) is 10.1. The highest BCUT2D eigenvalue weighted by molar-refractivity contribution is 6.13. The number of hydrogen-bond donors (Lipinski definition) is 0. The van der Waals surface area contributed by atoms with Gasteiger partial charge in [0, 0.05) is 36.2 Å². The van der Waals surface area contributed by atoms with E-state index in [4.69, 9.17) is 9.47 Å². The summed E-state index contributed by atoms with van der Waals surface area (Å²) in [6, 6.07) is 0. The lowest BCUT2D eigenvalue weighted by Gasteiger charge is -2.39. The minimum absolute atomic E-state index is 0.0311. The molecule has 0 bridgehead atoms. The highest BCUT2D eigenvalue weighted by atomic mass is 16.5. The highest BCUT2D eigenvalue weighted by Crippen LogP contribution is 2.43. The predicted molar refractivity (Wildman–Crippen MR) is 113 cm³/mol. The van der Waals surface area contributed by atoms with Crippen molar-refractivity contribution in [3.05, 3.63) is 12.7 Å². The van der Waals surface area contributed by atoms with Gasteiger partial charge in [-0.05, 0) is 13.3 Å². The Balaban J connectivity index is 5.39. The molecule has 0 aliphatic carbocycles. The molecule has 0 aliphatic heterocycles. The molecule has 0 heterocycles. The van der Waals surface area contributed by atoms with Gasteiger partial charge in [-0.25, -0.2) is 4.79 Å². The average Bonchev–Trinajstić information content (AvgIpc) is 2.61. The molecule has 7 nitrogen and oxygen atoms in total. The number of Topliss-reactive ketones (excluding diaryl/α,β-unsaturated/α-hetero) is 3. The summed E-state index contributed by atoms with van der Waals surface area (Å²) < 4.78 is 9.92. The highest BCUT2D eigenvalue weighted by Gasteiger charge is 2.52. The van der Waals surface area contributed by atoms with E-state index < -0.39 is 28.2 Å². The third-order valence-electron chi connectivity index (χ3n) is 4.50. The minimum atomic E-state index is -1.58. The van der Waals surface area contributed by atoms with Gasteiger partial charge in [-0.2, -0.15) is 0 Å². The van der Waals surface area contributed by atoms with Crippen molar-refractivity contribution in [2.75, 3.05) is 13.2 Å². The van der Waals surface area contributed by atoms with Gasteiger partial charge in [0.15, 0.2) is 11.6 Å². The molecule has 0 aliphatic rings. The van der Waals surface area contributed by atoms with Crippen molar-refractivity contribution in [2.24, 2.45) is 16.2 Å². The fourth-order valence-corrected chi connectivity index (χ4v) is 3.30. The number of ketones is 3. The van der Waals surface area contributed by atoms with Crippen LogP contribution in [-0.4, -0.2) is 42.5 Å². The Bertz CT molecular complexity index is 649. The second-order valence-corrected chi connectivity index (χ2v) is 9.56. The van der Waals surface area contributed by atoms with Crippen molar-refractivity contribution in [2.45, 2.75) is 74.1 Å². The molecule has 170 valence electrons. The molecule has 0 rings (SSSR count). The van der Waals surface area contributed by atoms with Gasteiger partial charge in [0.05, 0.1) is 18.6 Å². The summed E-state index contributed by atoms with van der Waals surface area (Å²) in [5.41, 5.74) is -3.31. The molecule has 0 aromatic rings. The third-order valence-corrected chi connectivity index (χ3v) is 4.50. The van der Waals surface area contributed by atoms with E-state index in [2.05, 4.69) is 6.58 Å². The van der Waals surface area contributed by atoms with Gasteiger partial charge >= 0.3 is 11.9 Å². The van der Waals surface area contributed by atoms with Crippen molar-refractivity contribution in [3.8, 4) is 0 Å². The maximum Gasteiger partial charge on any atom is 0.330 e. The lowest BCUT2D eigenvalue weighted by atomic mass is 9.60. The van der Waals surface area contributed by atoms with Crippen LogP contribution < -0.4 is 0 Å². The zero-order valence-corrected chi connectivity index (χ0v) is 19.4. The first-order chi connectivity index (χ1) is 13.6. The predicted octanol–water partition coefficient (Wildman–Crippen LogP) is 3.63. The van der Waals surface area contributed by atoms with Crippen LogP contribution >= 0.6 is 0 Å². The number of ether oxygens (including phenoxy) is 2. The van der Waals surface area contributed by atoms with E-state index in [9.17, 15) is 24.0 Å². The van der Waals surface area contributed by atoms with E-state index in [1.807, 2.05) is 0 Å². The normalized spacial score (nSPS) is 12.1. The largest absolute Gasteiger partial charge is 0.466 e. The summed E-state index contributed by atoms with van der Waals surface area (Å²) in [7, 11) is 0. The molecule has 0 saturated heterocycles. The van der Waals surface area contributed by atoms with Crippen LogP contribution in [0.4, 0.5) is 0 Å². The minimum Gasteiger partial charge on any atom is -0.466 e. The molecule has 0 radical (unpaired) electrons. The monoisotopic (exact) mass is 424 g/mol. The number of hydrogen-bond acceptors (Lipinski definition) is 7. The summed E-state index contributed by atoms with van der Waals surface area (Å²) in [4.78, 5) is 61.9. The standard InChI is InChI=1S/C23H36O7/c1-9-17(25)29-13-10-14-30-18(26)11-12-23(15-16(2)24,19(27)21(3,4)5)20(28)22(6,7)8/h9H,1,10-15H2,2-8H3. The molecule has 0 atom stereocenters. The van der Waals surface area contributed by atoms with Crippen molar-refractivity contribution in [1.82, 2.24) is 0 Å². The van der Waals surface area contributed by atoms with Gasteiger partial charge in [0.2, 0.25) is 0 Å². The van der Waals surface area contributed by atoms with Crippen LogP contribution in [0.3, 0.4) is 0 Å². The van der Waals surface area contributed by atoms with E-state index >= 15 is 0 Å². The van der Waals surface area contributed by atoms with Crippen LogP contribution in [0.5, 0.6) is 0 Å². The maximum absolute atomic E-state index is 13.3. The van der Waals surface area contributed by atoms with E-state index in [1.54, 1.807) is 41.5 Å². The summed E-state index contributed by atoms with van der Waals surface area (Å²) in [5.74, 6) is -2.13. The fraction of sp³-hybridized carbons (Fsp3) is 0.696. The number of carbonyl (C=O) groups is 5. The molecule has 0 aromatic carbocycles. The Morgan fingerprint density at radius 2 is 1.30 bits per heavy atom. The Labute approximate surface area is 179 Å². The van der Waals surface area contributed by atoms with Crippen LogP contribution in [0.25, 0.3) is 0 Å². The summed E-state index contributed by atoms with van der Waals surface area (Å²) in [5, 5.41) is 0. The molecule has 0 amide bonds. The molecule has 0 unspecified atom stereocenters. The van der Waals surface area contributed by atoms with E-state index in [0.717, 1.165) is 6.08 Å². The number of carbonyl (C=O) groups excluding carboxylic acids is 5. The van der Waals surface area contributed by atoms with Crippen LogP contribution in [0.2, 0.25) is 0 Å². The van der Waals surface area contributed by atoms with Gasteiger partial charge in [-0.15, -0.1) is 0 Å². The first-order valence-electron chi connectivity index (χ1n) is 10.1. The summed E-state index contributed by atoms with van der Waals surface area (Å²) >= 11 is 0. The van der Waals surface area contributed by atoms with Crippen molar-refractivity contribution in [3.63, 3.8) is 0 Å². The van der Waals surface area contributed by atoms with Gasteiger partial charge in [0.1, 0.15) is 5.78 Å². The van der Waals surface area contributed by atoms with Crippen molar-refractivity contribution in [1.29, 1.82) is 0 Å².